The Hall–Kier alpha value is -2.36. The predicted molar refractivity (Wildman–Crippen MR) is 106 cm³/mol. The van der Waals surface area contributed by atoms with Gasteiger partial charge in [0.1, 0.15) is 0 Å². The maximum atomic E-state index is 13.1. The van der Waals surface area contributed by atoms with Crippen molar-refractivity contribution < 1.29 is 14.3 Å². The van der Waals surface area contributed by atoms with E-state index >= 15 is 0 Å². The summed E-state index contributed by atoms with van der Waals surface area (Å²) in [4.78, 5) is 25.7. The van der Waals surface area contributed by atoms with Crippen LogP contribution in [0, 0.1) is 5.41 Å². The fourth-order valence-electron chi connectivity index (χ4n) is 4.22. The number of esters is 1. The molecule has 0 aromatic heterocycles. The number of benzene rings is 1. The second-order valence-electron chi connectivity index (χ2n) is 8.74. The Bertz CT molecular complexity index is 841. The summed E-state index contributed by atoms with van der Waals surface area (Å²) < 4.78 is 5.06. The number of nitrogens with one attached hydrogen (secondary N) is 1. The first-order valence-corrected chi connectivity index (χ1v) is 9.57. The van der Waals surface area contributed by atoms with E-state index in [-0.39, 0.29) is 23.1 Å². The van der Waals surface area contributed by atoms with Gasteiger partial charge in [0.05, 0.1) is 12.7 Å². The van der Waals surface area contributed by atoms with E-state index in [1.807, 2.05) is 19.1 Å². The molecule has 1 atom stereocenters. The molecule has 1 aromatic carbocycles. The molecule has 1 aliphatic carbocycles. The molecule has 0 bridgehead atoms. The minimum Gasteiger partial charge on any atom is -0.466 e. The minimum absolute atomic E-state index is 0.0853. The molecule has 4 heteroatoms. The molecule has 27 heavy (non-hydrogen) atoms. The van der Waals surface area contributed by atoms with Crippen LogP contribution in [-0.4, -0.2) is 18.9 Å². The third-order valence-corrected chi connectivity index (χ3v) is 5.58. The second-order valence-corrected chi connectivity index (χ2v) is 8.74. The van der Waals surface area contributed by atoms with Gasteiger partial charge in [-0.15, -0.1) is 0 Å². The van der Waals surface area contributed by atoms with E-state index in [1.54, 1.807) is 0 Å². The SMILES string of the molecule is COC(=O)C1=C(C)NC2=C(C(=O)CC(C)(C)C2)[C@H]1c1ccc(C(C)C)cc1. The van der Waals surface area contributed by atoms with Crippen molar-refractivity contribution in [1.29, 1.82) is 0 Å². The molecule has 2 aliphatic rings. The molecule has 1 aliphatic heterocycles. The average molecular weight is 367 g/mol. The molecule has 0 saturated heterocycles. The monoisotopic (exact) mass is 367 g/mol. The van der Waals surface area contributed by atoms with Crippen LogP contribution in [0.5, 0.6) is 0 Å². The summed E-state index contributed by atoms with van der Waals surface area (Å²) in [5, 5.41) is 3.34. The highest BCUT2D eigenvalue weighted by Crippen LogP contribution is 2.46. The number of methoxy groups -OCH3 is 1. The van der Waals surface area contributed by atoms with E-state index < -0.39 is 0 Å². The van der Waals surface area contributed by atoms with Crippen LogP contribution in [0.3, 0.4) is 0 Å². The molecule has 1 aromatic rings. The Morgan fingerprint density at radius 3 is 2.37 bits per heavy atom. The van der Waals surface area contributed by atoms with Gasteiger partial charge in [0.25, 0.3) is 0 Å². The lowest BCUT2D eigenvalue weighted by Gasteiger charge is -2.39. The van der Waals surface area contributed by atoms with Gasteiger partial charge in [0, 0.05) is 29.3 Å². The zero-order chi connectivity index (χ0) is 19.9. The quantitative estimate of drug-likeness (QED) is 0.794. The van der Waals surface area contributed by atoms with Crippen LogP contribution in [0.4, 0.5) is 0 Å². The van der Waals surface area contributed by atoms with Crippen LogP contribution in [0.2, 0.25) is 0 Å². The second kappa shape index (κ2) is 6.99. The smallest absolute Gasteiger partial charge is 0.336 e. The summed E-state index contributed by atoms with van der Waals surface area (Å²) in [7, 11) is 1.39. The maximum Gasteiger partial charge on any atom is 0.336 e. The van der Waals surface area contributed by atoms with E-state index in [9.17, 15) is 9.59 Å². The van der Waals surface area contributed by atoms with Crippen molar-refractivity contribution in [2.24, 2.45) is 5.41 Å². The summed E-state index contributed by atoms with van der Waals surface area (Å²) in [6.07, 6.45) is 1.28. The third kappa shape index (κ3) is 3.58. The van der Waals surface area contributed by atoms with Crippen molar-refractivity contribution in [3.8, 4) is 0 Å². The number of allylic oxidation sites excluding steroid dienone is 3. The van der Waals surface area contributed by atoms with E-state index in [2.05, 4.69) is 45.1 Å². The first-order chi connectivity index (χ1) is 12.6. The molecule has 0 saturated carbocycles. The van der Waals surface area contributed by atoms with Crippen molar-refractivity contribution in [2.75, 3.05) is 7.11 Å². The Balaban J connectivity index is 2.16. The topological polar surface area (TPSA) is 55.4 Å². The van der Waals surface area contributed by atoms with Gasteiger partial charge in [-0.2, -0.15) is 0 Å². The van der Waals surface area contributed by atoms with Crippen molar-refractivity contribution in [1.82, 2.24) is 5.32 Å². The summed E-state index contributed by atoms with van der Waals surface area (Å²) in [5.41, 5.74) is 5.07. The van der Waals surface area contributed by atoms with Gasteiger partial charge in [-0.1, -0.05) is 52.0 Å². The van der Waals surface area contributed by atoms with E-state index in [1.165, 1.54) is 12.7 Å². The number of Topliss-reactive ketones (excluding diaryl/α,β-unsaturated/α-hetero) is 1. The summed E-state index contributed by atoms with van der Waals surface area (Å²) in [6.45, 7) is 10.4. The van der Waals surface area contributed by atoms with E-state index in [0.717, 1.165) is 29.0 Å². The minimum atomic E-state index is -0.387. The highest BCUT2D eigenvalue weighted by atomic mass is 16.5. The van der Waals surface area contributed by atoms with Crippen molar-refractivity contribution in [3.63, 3.8) is 0 Å². The number of ether oxygens (including phenoxy) is 1. The van der Waals surface area contributed by atoms with Crippen LogP contribution in [0.1, 0.15) is 70.4 Å². The average Bonchev–Trinajstić information content (AvgIpc) is 2.58. The van der Waals surface area contributed by atoms with Gasteiger partial charge in [0.15, 0.2) is 5.78 Å². The van der Waals surface area contributed by atoms with Crippen molar-refractivity contribution in [3.05, 3.63) is 57.9 Å². The molecule has 144 valence electrons. The molecule has 0 amide bonds. The largest absolute Gasteiger partial charge is 0.466 e. The number of ketones is 1. The molecule has 1 N–H and O–H groups in total. The van der Waals surface area contributed by atoms with Gasteiger partial charge in [-0.3, -0.25) is 4.79 Å². The Labute approximate surface area is 161 Å². The zero-order valence-corrected chi connectivity index (χ0v) is 17.1. The predicted octanol–water partition coefficient (Wildman–Crippen LogP) is 4.59. The lowest BCUT2D eigenvalue weighted by molar-refractivity contribution is -0.136. The van der Waals surface area contributed by atoms with Crippen molar-refractivity contribution in [2.45, 2.75) is 59.3 Å². The first kappa shape index (κ1) is 19.4. The van der Waals surface area contributed by atoms with Gasteiger partial charge >= 0.3 is 5.97 Å². The highest BCUT2D eigenvalue weighted by Gasteiger charge is 2.42. The summed E-state index contributed by atoms with van der Waals surface area (Å²) in [6, 6.07) is 8.26. The zero-order valence-electron chi connectivity index (χ0n) is 17.1. The number of carbonyl (C=O) groups excluding carboxylic acids is 2. The molecule has 0 spiro atoms. The first-order valence-electron chi connectivity index (χ1n) is 9.57. The number of carbonyl (C=O) groups is 2. The van der Waals surface area contributed by atoms with Gasteiger partial charge in [-0.25, -0.2) is 4.79 Å². The van der Waals surface area contributed by atoms with Crippen LogP contribution in [0.15, 0.2) is 46.8 Å². The summed E-state index contributed by atoms with van der Waals surface area (Å²) in [5.74, 6) is -0.225. The molecule has 0 radical (unpaired) electrons. The number of dihydropyridines is 1. The number of hydrogen-bond donors (Lipinski definition) is 1. The lowest BCUT2D eigenvalue weighted by atomic mass is 9.68. The van der Waals surface area contributed by atoms with Crippen LogP contribution in [0.25, 0.3) is 0 Å². The maximum absolute atomic E-state index is 13.1. The lowest BCUT2D eigenvalue weighted by Crippen LogP contribution is -2.38. The Kier molecular flexibility index (Phi) is 5.02. The molecule has 1 heterocycles. The molecular weight excluding hydrogens is 338 g/mol. The van der Waals surface area contributed by atoms with Gasteiger partial charge in [-0.05, 0) is 35.8 Å². The molecule has 3 rings (SSSR count). The van der Waals surface area contributed by atoms with Gasteiger partial charge < -0.3 is 10.1 Å². The standard InChI is InChI=1S/C23H29NO3/c1-13(2)15-7-9-16(10-8-15)20-19(22(26)27-6)14(3)24-17-11-23(4,5)12-18(25)21(17)20/h7-10,13,20,24H,11-12H2,1-6H3/t20-/m0/s1. The number of rotatable bonds is 3. The normalized spacial score (nSPS) is 21.9. The van der Waals surface area contributed by atoms with E-state index in [0.29, 0.717) is 17.9 Å². The fraction of sp³-hybridized carbons (Fsp3) is 0.478. The molecule has 4 nitrogen and oxygen atoms in total. The Morgan fingerprint density at radius 2 is 1.81 bits per heavy atom. The molecule has 0 fully saturated rings. The third-order valence-electron chi connectivity index (χ3n) is 5.58. The van der Waals surface area contributed by atoms with Crippen molar-refractivity contribution >= 4 is 11.8 Å². The summed E-state index contributed by atoms with van der Waals surface area (Å²) >= 11 is 0. The molecule has 0 unspecified atom stereocenters. The number of hydrogen-bond acceptors (Lipinski definition) is 4. The van der Waals surface area contributed by atoms with Crippen LogP contribution >= 0.6 is 0 Å². The van der Waals surface area contributed by atoms with Gasteiger partial charge in [0.2, 0.25) is 0 Å². The highest BCUT2D eigenvalue weighted by molar-refractivity contribution is 6.04. The fourth-order valence-corrected chi connectivity index (χ4v) is 4.22. The molecular formula is C23H29NO3. The Morgan fingerprint density at radius 1 is 1.19 bits per heavy atom. The van der Waals surface area contributed by atoms with Crippen LogP contribution < -0.4 is 5.32 Å². The van der Waals surface area contributed by atoms with Crippen LogP contribution in [-0.2, 0) is 14.3 Å². The van der Waals surface area contributed by atoms with E-state index in [4.69, 9.17) is 4.74 Å².